The van der Waals surface area contributed by atoms with E-state index < -0.39 is 24.0 Å². The van der Waals surface area contributed by atoms with Crippen LogP contribution >= 0.6 is 0 Å². The van der Waals surface area contributed by atoms with Crippen molar-refractivity contribution < 1.29 is 14.7 Å². The van der Waals surface area contributed by atoms with Crippen molar-refractivity contribution in [3.05, 3.63) is 18.0 Å². The quantitative estimate of drug-likeness (QED) is 0.674. The predicted molar refractivity (Wildman–Crippen MR) is 69.2 cm³/mol. The Morgan fingerprint density at radius 3 is 2.63 bits per heavy atom. The molecule has 0 spiro atoms. The summed E-state index contributed by atoms with van der Waals surface area (Å²) >= 11 is 0. The lowest BCUT2D eigenvalue weighted by atomic mass is 9.98. The van der Waals surface area contributed by atoms with E-state index in [1.54, 1.807) is 20.2 Å². The second kappa shape index (κ2) is 6.33. The number of carboxylic acid groups (broad SMARTS) is 1. The highest BCUT2D eigenvalue weighted by molar-refractivity contribution is 5.87. The third-order valence-corrected chi connectivity index (χ3v) is 3.14. The van der Waals surface area contributed by atoms with Crippen LogP contribution in [-0.4, -0.2) is 32.8 Å². The van der Waals surface area contributed by atoms with E-state index in [1.165, 1.54) is 10.9 Å². The summed E-state index contributed by atoms with van der Waals surface area (Å²) < 4.78 is 1.53. The zero-order valence-corrected chi connectivity index (χ0v) is 11.3. The Hall–Kier alpha value is -1.89. The van der Waals surface area contributed by atoms with E-state index >= 15 is 0 Å². The third kappa shape index (κ3) is 3.78. The van der Waals surface area contributed by atoms with Crippen molar-refractivity contribution in [3.8, 4) is 0 Å². The van der Waals surface area contributed by atoms with Crippen LogP contribution in [0.1, 0.15) is 31.9 Å². The molecule has 106 valence electrons. The van der Waals surface area contributed by atoms with Gasteiger partial charge in [-0.2, -0.15) is 5.10 Å². The van der Waals surface area contributed by atoms with Crippen molar-refractivity contribution in [2.45, 2.75) is 32.4 Å². The monoisotopic (exact) mass is 268 g/mol. The van der Waals surface area contributed by atoms with Gasteiger partial charge in [-0.05, 0) is 5.92 Å². The minimum absolute atomic E-state index is 0.164. The Morgan fingerprint density at radius 2 is 2.21 bits per heavy atom. The molecule has 0 aliphatic carbocycles. The van der Waals surface area contributed by atoms with E-state index in [1.807, 2.05) is 6.92 Å². The van der Waals surface area contributed by atoms with Gasteiger partial charge in [0.05, 0.1) is 6.20 Å². The van der Waals surface area contributed by atoms with Crippen molar-refractivity contribution in [1.29, 1.82) is 0 Å². The van der Waals surface area contributed by atoms with Crippen LogP contribution in [0.25, 0.3) is 0 Å². The number of rotatable bonds is 6. The molecule has 1 rings (SSSR count). The number of carbonyl (C=O) groups excluding carboxylic acids is 1. The van der Waals surface area contributed by atoms with Crippen LogP contribution in [0.15, 0.2) is 12.4 Å². The average Bonchev–Trinajstić information content (AvgIpc) is 2.80. The lowest BCUT2D eigenvalue weighted by Gasteiger charge is -2.21. The van der Waals surface area contributed by atoms with Crippen molar-refractivity contribution in [3.63, 3.8) is 0 Å². The topological polar surface area (TPSA) is 110 Å². The summed E-state index contributed by atoms with van der Waals surface area (Å²) in [5, 5.41) is 15.5. The number of carbonyl (C=O) groups is 2. The average molecular weight is 268 g/mol. The molecule has 4 N–H and O–H groups in total. The highest BCUT2D eigenvalue weighted by Gasteiger charge is 2.28. The fraction of sp³-hybridized carbons (Fsp3) is 0.583. The van der Waals surface area contributed by atoms with Gasteiger partial charge in [0.1, 0.15) is 12.1 Å². The molecular formula is C12H20N4O3. The molecule has 1 heterocycles. The molecule has 0 aliphatic rings. The van der Waals surface area contributed by atoms with Crippen molar-refractivity contribution in [2.75, 3.05) is 0 Å². The molecule has 3 atom stereocenters. The summed E-state index contributed by atoms with van der Waals surface area (Å²) in [4.78, 5) is 23.1. The normalized spacial score (nSPS) is 15.6. The number of hydrogen-bond acceptors (Lipinski definition) is 4. The molecule has 1 aromatic rings. The SMILES string of the molecule is CC[C@H](C)[C@H](NC(=O)C(N)c1cnn(C)c1)C(=O)O. The predicted octanol–water partition coefficient (Wildman–Crippen LogP) is 0.0354. The second-order valence-electron chi connectivity index (χ2n) is 4.64. The summed E-state index contributed by atoms with van der Waals surface area (Å²) in [6.07, 6.45) is 3.77. The first kappa shape index (κ1) is 15.2. The molecular weight excluding hydrogens is 248 g/mol. The first-order valence-electron chi connectivity index (χ1n) is 6.14. The highest BCUT2D eigenvalue weighted by Crippen LogP contribution is 2.12. The second-order valence-corrected chi connectivity index (χ2v) is 4.64. The number of aliphatic carboxylic acids is 1. The van der Waals surface area contributed by atoms with E-state index in [9.17, 15) is 9.59 Å². The van der Waals surface area contributed by atoms with Crippen LogP contribution in [0.3, 0.4) is 0 Å². The van der Waals surface area contributed by atoms with Crippen molar-refractivity contribution in [1.82, 2.24) is 15.1 Å². The number of carboxylic acids is 1. The van der Waals surface area contributed by atoms with Gasteiger partial charge in [-0.3, -0.25) is 9.48 Å². The van der Waals surface area contributed by atoms with Crippen LogP contribution in [0.4, 0.5) is 0 Å². The van der Waals surface area contributed by atoms with Crippen LogP contribution in [0, 0.1) is 5.92 Å². The number of aromatic nitrogens is 2. The zero-order chi connectivity index (χ0) is 14.6. The molecule has 0 bridgehead atoms. The van der Waals surface area contributed by atoms with Gasteiger partial charge in [-0.15, -0.1) is 0 Å². The lowest BCUT2D eigenvalue weighted by molar-refractivity contribution is -0.143. The number of hydrogen-bond donors (Lipinski definition) is 3. The molecule has 1 aromatic heterocycles. The van der Waals surface area contributed by atoms with Gasteiger partial charge in [-0.1, -0.05) is 20.3 Å². The molecule has 1 unspecified atom stereocenters. The molecule has 0 saturated carbocycles. The molecule has 19 heavy (non-hydrogen) atoms. The number of nitrogens with zero attached hydrogens (tertiary/aromatic N) is 2. The minimum Gasteiger partial charge on any atom is -0.480 e. The van der Waals surface area contributed by atoms with Gasteiger partial charge in [0.15, 0.2) is 0 Å². The molecule has 7 nitrogen and oxygen atoms in total. The Labute approximate surface area is 111 Å². The first-order valence-corrected chi connectivity index (χ1v) is 6.14. The summed E-state index contributed by atoms with van der Waals surface area (Å²) in [6, 6.07) is -1.85. The fourth-order valence-electron chi connectivity index (χ4n) is 1.68. The zero-order valence-electron chi connectivity index (χ0n) is 11.3. The first-order chi connectivity index (χ1) is 8.86. The Morgan fingerprint density at radius 1 is 1.58 bits per heavy atom. The smallest absolute Gasteiger partial charge is 0.326 e. The van der Waals surface area contributed by atoms with Crippen LogP contribution in [0.5, 0.6) is 0 Å². The highest BCUT2D eigenvalue weighted by atomic mass is 16.4. The van der Waals surface area contributed by atoms with E-state index in [2.05, 4.69) is 10.4 Å². The number of nitrogens with one attached hydrogen (secondary N) is 1. The fourth-order valence-corrected chi connectivity index (χ4v) is 1.68. The maximum absolute atomic E-state index is 12.0. The van der Waals surface area contributed by atoms with Crippen LogP contribution in [0.2, 0.25) is 0 Å². The number of aryl methyl sites for hydroxylation is 1. The molecule has 0 aromatic carbocycles. The van der Waals surface area contributed by atoms with E-state index in [0.717, 1.165) is 0 Å². The van der Waals surface area contributed by atoms with Gasteiger partial charge < -0.3 is 16.2 Å². The molecule has 7 heteroatoms. The maximum atomic E-state index is 12.0. The van der Waals surface area contributed by atoms with Gasteiger partial charge in [0.2, 0.25) is 5.91 Å². The van der Waals surface area contributed by atoms with Gasteiger partial charge in [0.25, 0.3) is 0 Å². The van der Waals surface area contributed by atoms with Crippen molar-refractivity contribution >= 4 is 11.9 Å². The molecule has 0 fully saturated rings. The molecule has 0 aliphatic heterocycles. The molecule has 0 radical (unpaired) electrons. The lowest BCUT2D eigenvalue weighted by Crippen LogP contribution is -2.48. The van der Waals surface area contributed by atoms with Crippen LogP contribution in [-0.2, 0) is 16.6 Å². The Kier molecular flexibility index (Phi) is 5.05. The van der Waals surface area contributed by atoms with Gasteiger partial charge in [-0.25, -0.2) is 4.79 Å². The summed E-state index contributed by atoms with van der Waals surface area (Å²) in [5.74, 6) is -1.73. The van der Waals surface area contributed by atoms with Crippen LogP contribution < -0.4 is 11.1 Å². The van der Waals surface area contributed by atoms with Crippen molar-refractivity contribution in [2.24, 2.45) is 18.7 Å². The van der Waals surface area contributed by atoms with Gasteiger partial charge >= 0.3 is 5.97 Å². The summed E-state index contributed by atoms with van der Waals surface area (Å²) in [5.41, 5.74) is 6.33. The Bertz CT molecular complexity index is 458. The summed E-state index contributed by atoms with van der Waals surface area (Å²) in [6.45, 7) is 3.64. The molecule has 1 amide bonds. The molecule has 0 saturated heterocycles. The number of nitrogens with two attached hydrogens (primary N) is 1. The Balaban J connectivity index is 2.74. The minimum atomic E-state index is -1.05. The number of amides is 1. The standard InChI is InChI=1S/C12H20N4O3/c1-4-7(2)10(12(18)19)15-11(17)9(13)8-5-14-16(3)6-8/h5-7,9-10H,4,13H2,1-3H3,(H,15,17)(H,18,19)/t7-,9?,10-/m0/s1. The van der Waals surface area contributed by atoms with E-state index in [4.69, 9.17) is 10.8 Å². The largest absolute Gasteiger partial charge is 0.480 e. The summed E-state index contributed by atoms with van der Waals surface area (Å²) in [7, 11) is 1.72. The van der Waals surface area contributed by atoms with E-state index in [-0.39, 0.29) is 5.92 Å². The van der Waals surface area contributed by atoms with E-state index in [0.29, 0.717) is 12.0 Å². The maximum Gasteiger partial charge on any atom is 0.326 e. The third-order valence-electron chi connectivity index (χ3n) is 3.14. The van der Waals surface area contributed by atoms with Gasteiger partial charge in [0, 0.05) is 18.8 Å².